The molecule has 1 aliphatic rings. The number of esters is 1. The quantitative estimate of drug-likeness (QED) is 0.879. The topological polar surface area (TPSA) is 38.3 Å². The lowest BCUT2D eigenvalue weighted by atomic mass is 9.79. The van der Waals surface area contributed by atoms with Gasteiger partial charge >= 0.3 is 5.97 Å². The van der Waals surface area contributed by atoms with Crippen molar-refractivity contribution in [3.8, 4) is 0 Å². The zero-order chi connectivity index (χ0) is 16.5. The largest absolute Gasteiger partial charge is 0.449 e. The van der Waals surface area contributed by atoms with E-state index in [1.54, 1.807) is 0 Å². The summed E-state index contributed by atoms with van der Waals surface area (Å²) in [5, 5.41) is 3.28. The number of rotatable bonds is 4. The average molecular weight is 309 g/mol. The Morgan fingerprint density at radius 2 is 1.52 bits per heavy atom. The van der Waals surface area contributed by atoms with Gasteiger partial charge in [0.05, 0.1) is 5.92 Å². The SMILES string of the molecule is CC(OC(=O)C1CNC1(C)C)(c1ccccc1)c1ccccc1. The van der Waals surface area contributed by atoms with Crippen LogP contribution in [0.25, 0.3) is 0 Å². The van der Waals surface area contributed by atoms with Gasteiger partial charge in [-0.1, -0.05) is 60.7 Å². The van der Waals surface area contributed by atoms with E-state index < -0.39 is 5.60 Å². The average Bonchev–Trinajstić information content (AvgIpc) is 2.55. The zero-order valence-corrected chi connectivity index (χ0v) is 13.9. The number of hydrogen-bond donors (Lipinski definition) is 1. The highest BCUT2D eigenvalue weighted by Crippen LogP contribution is 2.36. The third-order valence-electron chi connectivity index (χ3n) is 4.87. The number of ether oxygens (including phenoxy) is 1. The molecule has 1 unspecified atom stereocenters. The second-order valence-electron chi connectivity index (χ2n) is 6.84. The normalized spacial score (nSPS) is 19.7. The Bertz CT molecular complexity index is 640. The fourth-order valence-electron chi connectivity index (χ4n) is 3.06. The molecule has 1 fully saturated rings. The minimum Gasteiger partial charge on any atom is -0.449 e. The van der Waals surface area contributed by atoms with E-state index in [2.05, 4.69) is 5.32 Å². The van der Waals surface area contributed by atoms with E-state index in [-0.39, 0.29) is 17.4 Å². The summed E-state index contributed by atoms with van der Waals surface area (Å²) in [4.78, 5) is 12.7. The molecule has 0 aliphatic carbocycles. The summed E-state index contributed by atoms with van der Waals surface area (Å²) in [6.07, 6.45) is 0. The number of carbonyl (C=O) groups excluding carboxylic acids is 1. The van der Waals surface area contributed by atoms with Crippen molar-refractivity contribution in [3.63, 3.8) is 0 Å². The molecule has 0 bridgehead atoms. The summed E-state index contributed by atoms with van der Waals surface area (Å²) in [5.41, 5.74) is 0.964. The molecule has 3 heteroatoms. The molecule has 3 rings (SSSR count). The van der Waals surface area contributed by atoms with E-state index in [1.807, 2.05) is 81.4 Å². The van der Waals surface area contributed by atoms with Crippen LogP contribution in [0.5, 0.6) is 0 Å². The Labute approximate surface area is 137 Å². The van der Waals surface area contributed by atoms with Crippen LogP contribution in [0.3, 0.4) is 0 Å². The predicted octanol–water partition coefficient (Wildman–Crippen LogP) is 3.49. The molecule has 0 amide bonds. The second-order valence-corrected chi connectivity index (χ2v) is 6.84. The van der Waals surface area contributed by atoms with Gasteiger partial charge in [-0.2, -0.15) is 0 Å². The smallest absolute Gasteiger partial charge is 0.313 e. The maximum Gasteiger partial charge on any atom is 0.313 e. The van der Waals surface area contributed by atoms with Gasteiger partial charge in [0.1, 0.15) is 0 Å². The van der Waals surface area contributed by atoms with Crippen LogP contribution < -0.4 is 5.32 Å². The second kappa shape index (κ2) is 5.82. The minimum atomic E-state index is -0.786. The molecule has 0 aromatic heterocycles. The van der Waals surface area contributed by atoms with Crippen LogP contribution in [0, 0.1) is 5.92 Å². The highest BCUT2D eigenvalue weighted by Gasteiger charge is 2.46. The molecule has 1 heterocycles. The molecule has 3 nitrogen and oxygen atoms in total. The lowest BCUT2D eigenvalue weighted by Crippen LogP contribution is -2.64. The molecule has 120 valence electrons. The Morgan fingerprint density at radius 3 is 1.87 bits per heavy atom. The van der Waals surface area contributed by atoms with Gasteiger partial charge in [0.15, 0.2) is 5.60 Å². The van der Waals surface area contributed by atoms with E-state index in [0.29, 0.717) is 6.54 Å². The van der Waals surface area contributed by atoms with Crippen molar-refractivity contribution in [2.24, 2.45) is 5.92 Å². The Morgan fingerprint density at radius 1 is 1.04 bits per heavy atom. The molecular formula is C20H23NO2. The Hall–Kier alpha value is -2.13. The minimum absolute atomic E-state index is 0.116. The van der Waals surface area contributed by atoms with Crippen molar-refractivity contribution in [2.45, 2.75) is 31.9 Å². The summed E-state index contributed by atoms with van der Waals surface area (Å²) in [6, 6.07) is 19.8. The standard InChI is InChI=1S/C20H23NO2/c1-19(2)17(14-21-19)18(22)23-20(3,15-10-6-4-7-11-15)16-12-8-5-9-13-16/h4-13,17,21H,14H2,1-3H3. The van der Waals surface area contributed by atoms with E-state index in [9.17, 15) is 4.79 Å². The number of hydrogen-bond acceptors (Lipinski definition) is 3. The van der Waals surface area contributed by atoms with Gasteiger partial charge < -0.3 is 10.1 Å². The molecule has 1 aliphatic heterocycles. The van der Waals surface area contributed by atoms with Crippen molar-refractivity contribution in [2.75, 3.05) is 6.54 Å². The summed E-state index contributed by atoms with van der Waals surface area (Å²) in [7, 11) is 0. The lowest BCUT2D eigenvalue weighted by molar-refractivity contribution is -0.167. The molecule has 23 heavy (non-hydrogen) atoms. The fourth-order valence-corrected chi connectivity index (χ4v) is 3.06. The van der Waals surface area contributed by atoms with Crippen molar-refractivity contribution in [3.05, 3.63) is 71.8 Å². The van der Waals surface area contributed by atoms with Gasteiger partial charge in [-0.15, -0.1) is 0 Å². The first-order chi connectivity index (χ1) is 10.9. The van der Waals surface area contributed by atoms with Gasteiger partial charge in [0, 0.05) is 12.1 Å². The molecule has 1 atom stereocenters. The molecule has 0 saturated carbocycles. The molecular weight excluding hydrogens is 286 g/mol. The van der Waals surface area contributed by atoms with Crippen LogP contribution in [-0.2, 0) is 15.1 Å². The molecule has 0 radical (unpaired) electrons. The monoisotopic (exact) mass is 309 g/mol. The van der Waals surface area contributed by atoms with Crippen molar-refractivity contribution in [1.29, 1.82) is 0 Å². The van der Waals surface area contributed by atoms with Gasteiger partial charge in [-0.3, -0.25) is 4.79 Å². The van der Waals surface area contributed by atoms with Gasteiger partial charge in [0.25, 0.3) is 0 Å². The number of benzene rings is 2. The third-order valence-corrected chi connectivity index (χ3v) is 4.87. The highest BCUT2D eigenvalue weighted by atomic mass is 16.6. The zero-order valence-electron chi connectivity index (χ0n) is 13.9. The summed E-state index contributed by atoms with van der Waals surface area (Å²) in [6.45, 7) is 6.70. The van der Waals surface area contributed by atoms with Crippen LogP contribution in [0.2, 0.25) is 0 Å². The maximum atomic E-state index is 12.7. The van der Waals surface area contributed by atoms with Crippen molar-refractivity contribution in [1.82, 2.24) is 5.32 Å². The molecule has 0 spiro atoms. The van der Waals surface area contributed by atoms with Gasteiger partial charge in [-0.25, -0.2) is 0 Å². The van der Waals surface area contributed by atoms with Crippen LogP contribution in [-0.4, -0.2) is 18.1 Å². The first kappa shape index (κ1) is 15.8. The summed E-state index contributed by atoms with van der Waals surface area (Å²) >= 11 is 0. The van der Waals surface area contributed by atoms with Crippen molar-refractivity contribution >= 4 is 5.97 Å². The van der Waals surface area contributed by atoms with Crippen molar-refractivity contribution < 1.29 is 9.53 Å². The van der Waals surface area contributed by atoms with Crippen LogP contribution in [0.4, 0.5) is 0 Å². The Kier molecular flexibility index (Phi) is 3.99. The third kappa shape index (κ3) is 2.89. The lowest BCUT2D eigenvalue weighted by Gasteiger charge is -2.45. The van der Waals surface area contributed by atoms with Crippen LogP contribution >= 0.6 is 0 Å². The van der Waals surface area contributed by atoms with Crippen LogP contribution in [0.15, 0.2) is 60.7 Å². The van der Waals surface area contributed by atoms with E-state index in [0.717, 1.165) is 11.1 Å². The maximum absolute atomic E-state index is 12.7. The van der Waals surface area contributed by atoms with E-state index in [1.165, 1.54) is 0 Å². The van der Waals surface area contributed by atoms with E-state index in [4.69, 9.17) is 4.74 Å². The van der Waals surface area contributed by atoms with E-state index >= 15 is 0 Å². The van der Waals surface area contributed by atoms with Gasteiger partial charge in [-0.05, 0) is 31.9 Å². The van der Waals surface area contributed by atoms with Gasteiger partial charge in [0.2, 0.25) is 0 Å². The molecule has 2 aromatic carbocycles. The molecule has 1 N–H and O–H groups in total. The Balaban J connectivity index is 1.95. The first-order valence-electron chi connectivity index (χ1n) is 8.02. The number of nitrogens with one attached hydrogen (secondary N) is 1. The number of carbonyl (C=O) groups is 1. The highest BCUT2D eigenvalue weighted by molar-refractivity contribution is 5.76. The predicted molar refractivity (Wildman–Crippen MR) is 91.0 cm³/mol. The molecule has 1 saturated heterocycles. The molecule has 2 aromatic rings. The summed E-state index contributed by atoms with van der Waals surface area (Å²) < 4.78 is 6.07. The summed E-state index contributed by atoms with van der Waals surface area (Å²) in [5.74, 6) is -0.266. The fraction of sp³-hybridized carbons (Fsp3) is 0.350. The first-order valence-corrected chi connectivity index (χ1v) is 8.02. The van der Waals surface area contributed by atoms with Crippen LogP contribution in [0.1, 0.15) is 31.9 Å².